The minimum absolute atomic E-state index is 0.897. The van der Waals surface area contributed by atoms with E-state index in [-0.39, 0.29) is 0 Å². The van der Waals surface area contributed by atoms with E-state index in [1.807, 2.05) is 0 Å². The zero-order valence-corrected chi connectivity index (χ0v) is 14.7. The van der Waals surface area contributed by atoms with Crippen LogP contribution in [0.2, 0.25) is 0 Å². The van der Waals surface area contributed by atoms with E-state index in [0.29, 0.717) is 0 Å². The first-order valence-electron chi connectivity index (χ1n) is 9.24. The fourth-order valence-electron chi connectivity index (χ4n) is 3.93. The zero-order chi connectivity index (χ0) is 16.1. The molecule has 3 heteroatoms. The van der Waals surface area contributed by atoms with Crippen LogP contribution in [0.5, 0.6) is 0 Å². The van der Waals surface area contributed by atoms with Gasteiger partial charge in [0.05, 0.1) is 0 Å². The Bertz CT molecular complexity index is 610. The van der Waals surface area contributed by atoms with Crippen LogP contribution >= 0.6 is 0 Å². The lowest BCUT2D eigenvalue weighted by Crippen LogP contribution is -2.36. The molecule has 1 fully saturated rings. The second-order valence-corrected chi connectivity index (χ2v) is 6.97. The molecule has 1 aromatic heterocycles. The van der Waals surface area contributed by atoms with E-state index in [4.69, 9.17) is 0 Å². The average Bonchev–Trinajstić information content (AvgIpc) is 2.91. The summed E-state index contributed by atoms with van der Waals surface area (Å²) in [7, 11) is 2.15. The van der Waals surface area contributed by atoms with Gasteiger partial charge in [-0.3, -0.25) is 0 Å². The largest absolute Gasteiger partial charge is 0.350 e. The van der Waals surface area contributed by atoms with Gasteiger partial charge in [-0.05, 0) is 69.4 Å². The maximum absolute atomic E-state index is 3.47. The number of piperidine rings is 1. The molecule has 1 aliphatic heterocycles. The van der Waals surface area contributed by atoms with Gasteiger partial charge in [0, 0.05) is 30.7 Å². The molecule has 3 nitrogen and oxygen atoms in total. The number of nitrogens with zero attached hydrogens (tertiary/aromatic N) is 2. The van der Waals surface area contributed by atoms with Crippen LogP contribution in [-0.2, 0) is 13.5 Å². The molecule has 23 heavy (non-hydrogen) atoms. The summed E-state index contributed by atoms with van der Waals surface area (Å²) < 4.78 is 2.26. The normalized spacial score (nSPS) is 16.5. The lowest BCUT2D eigenvalue weighted by Gasteiger charge is -2.29. The first-order valence-corrected chi connectivity index (χ1v) is 9.24. The highest BCUT2D eigenvalue weighted by Crippen LogP contribution is 2.21. The number of hydrogen-bond donors (Lipinski definition) is 1. The number of para-hydroxylation sites is 1. The summed E-state index contributed by atoms with van der Waals surface area (Å²) in [6.45, 7) is 8.41. The van der Waals surface area contributed by atoms with Crippen molar-refractivity contribution in [2.45, 2.75) is 32.6 Å². The number of aryl methyl sites for hydroxylation is 2. The number of fused-ring (bicyclic) bond motifs is 1. The molecular formula is C20H31N3. The molecule has 2 aromatic rings. The zero-order valence-electron chi connectivity index (χ0n) is 14.7. The molecule has 1 aromatic carbocycles. The number of aromatic nitrogens is 1. The van der Waals surface area contributed by atoms with Crippen molar-refractivity contribution in [3.8, 4) is 0 Å². The van der Waals surface area contributed by atoms with Gasteiger partial charge in [0.2, 0.25) is 0 Å². The number of hydrogen-bond acceptors (Lipinski definition) is 2. The average molecular weight is 313 g/mol. The monoisotopic (exact) mass is 313 g/mol. The van der Waals surface area contributed by atoms with Crippen LogP contribution in [0.1, 0.15) is 31.7 Å². The lowest BCUT2D eigenvalue weighted by atomic mass is 9.97. The Morgan fingerprint density at radius 2 is 2.00 bits per heavy atom. The third kappa shape index (κ3) is 4.15. The van der Waals surface area contributed by atoms with Gasteiger partial charge >= 0.3 is 0 Å². The Hall–Kier alpha value is -1.32. The minimum atomic E-state index is 0.897. The molecule has 0 unspecified atom stereocenters. The molecule has 1 saturated heterocycles. The smallest absolute Gasteiger partial charge is 0.0480 e. The van der Waals surface area contributed by atoms with Crippen molar-refractivity contribution in [1.29, 1.82) is 0 Å². The second kappa shape index (κ2) is 7.98. The molecule has 2 heterocycles. The molecule has 0 aliphatic carbocycles. The van der Waals surface area contributed by atoms with E-state index in [0.717, 1.165) is 5.92 Å². The standard InChI is InChI=1S/C20H31N3/c1-3-23(15-17-10-12-21-13-11-17)14-6-7-18-16-22(2)20-9-5-4-8-19(18)20/h4-5,8-9,16-17,21H,3,6-7,10-15H2,1-2H3. The highest BCUT2D eigenvalue weighted by atomic mass is 15.1. The van der Waals surface area contributed by atoms with Crippen molar-refractivity contribution in [3.05, 3.63) is 36.0 Å². The fourth-order valence-corrected chi connectivity index (χ4v) is 3.93. The first kappa shape index (κ1) is 16.5. The van der Waals surface area contributed by atoms with Crippen LogP contribution in [0.15, 0.2) is 30.5 Å². The van der Waals surface area contributed by atoms with Crippen LogP contribution < -0.4 is 5.32 Å². The number of rotatable bonds is 7. The van der Waals surface area contributed by atoms with Crippen LogP contribution in [0.25, 0.3) is 10.9 Å². The van der Waals surface area contributed by atoms with Crippen molar-refractivity contribution >= 4 is 10.9 Å². The molecule has 1 aliphatic rings. The van der Waals surface area contributed by atoms with E-state index < -0.39 is 0 Å². The van der Waals surface area contributed by atoms with Gasteiger partial charge in [-0.2, -0.15) is 0 Å². The van der Waals surface area contributed by atoms with Crippen molar-refractivity contribution in [1.82, 2.24) is 14.8 Å². The first-order chi connectivity index (χ1) is 11.3. The molecule has 0 amide bonds. The van der Waals surface area contributed by atoms with Crippen LogP contribution in [0.3, 0.4) is 0 Å². The maximum atomic E-state index is 3.47. The fraction of sp³-hybridized carbons (Fsp3) is 0.600. The van der Waals surface area contributed by atoms with Gasteiger partial charge in [-0.1, -0.05) is 25.1 Å². The molecule has 0 spiro atoms. The molecule has 0 bridgehead atoms. The lowest BCUT2D eigenvalue weighted by molar-refractivity contribution is 0.212. The quantitative estimate of drug-likeness (QED) is 0.845. The SMILES string of the molecule is CCN(CCCc1cn(C)c2ccccc12)CC1CCNCC1. The van der Waals surface area contributed by atoms with Crippen LogP contribution in [0, 0.1) is 5.92 Å². The molecular weight excluding hydrogens is 282 g/mol. The Kier molecular flexibility index (Phi) is 5.74. The van der Waals surface area contributed by atoms with E-state index in [1.54, 1.807) is 0 Å². The molecule has 0 atom stereocenters. The van der Waals surface area contributed by atoms with E-state index in [2.05, 4.69) is 59.2 Å². The van der Waals surface area contributed by atoms with E-state index in [1.165, 1.54) is 74.9 Å². The van der Waals surface area contributed by atoms with Gasteiger partial charge in [0.1, 0.15) is 0 Å². The molecule has 0 saturated carbocycles. The van der Waals surface area contributed by atoms with Crippen molar-refractivity contribution in [3.63, 3.8) is 0 Å². The van der Waals surface area contributed by atoms with Crippen molar-refractivity contribution < 1.29 is 0 Å². The van der Waals surface area contributed by atoms with E-state index in [9.17, 15) is 0 Å². The van der Waals surface area contributed by atoms with Crippen molar-refractivity contribution in [2.75, 3.05) is 32.7 Å². The van der Waals surface area contributed by atoms with Crippen LogP contribution in [-0.4, -0.2) is 42.2 Å². The van der Waals surface area contributed by atoms with Gasteiger partial charge in [0.25, 0.3) is 0 Å². The molecule has 3 rings (SSSR count). The Morgan fingerprint density at radius 3 is 2.78 bits per heavy atom. The Balaban J connectivity index is 1.52. The molecule has 1 N–H and O–H groups in total. The Labute approximate surface area is 140 Å². The molecule has 126 valence electrons. The van der Waals surface area contributed by atoms with Gasteiger partial charge in [-0.15, -0.1) is 0 Å². The minimum Gasteiger partial charge on any atom is -0.350 e. The van der Waals surface area contributed by atoms with Gasteiger partial charge in [0.15, 0.2) is 0 Å². The van der Waals surface area contributed by atoms with Crippen LogP contribution in [0.4, 0.5) is 0 Å². The number of benzene rings is 1. The topological polar surface area (TPSA) is 20.2 Å². The third-order valence-electron chi connectivity index (χ3n) is 5.32. The summed E-state index contributed by atoms with van der Waals surface area (Å²) in [6.07, 6.45) is 7.45. The Morgan fingerprint density at radius 1 is 1.22 bits per heavy atom. The highest BCUT2D eigenvalue weighted by molar-refractivity contribution is 5.83. The predicted octanol–water partition coefficient (Wildman–Crippen LogP) is 3.43. The summed E-state index contributed by atoms with van der Waals surface area (Å²) in [5.74, 6) is 0.897. The third-order valence-corrected chi connectivity index (χ3v) is 5.32. The summed E-state index contributed by atoms with van der Waals surface area (Å²) in [4.78, 5) is 2.65. The summed E-state index contributed by atoms with van der Waals surface area (Å²) >= 11 is 0. The summed E-state index contributed by atoms with van der Waals surface area (Å²) in [5.41, 5.74) is 2.85. The highest BCUT2D eigenvalue weighted by Gasteiger charge is 2.16. The second-order valence-electron chi connectivity index (χ2n) is 6.97. The van der Waals surface area contributed by atoms with Gasteiger partial charge in [-0.25, -0.2) is 0 Å². The predicted molar refractivity (Wildman–Crippen MR) is 98.9 cm³/mol. The summed E-state index contributed by atoms with van der Waals surface area (Å²) in [5, 5.41) is 4.90. The maximum Gasteiger partial charge on any atom is 0.0480 e. The van der Waals surface area contributed by atoms with Gasteiger partial charge < -0.3 is 14.8 Å². The molecule has 0 radical (unpaired) electrons. The van der Waals surface area contributed by atoms with E-state index >= 15 is 0 Å². The number of nitrogens with one attached hydrogen (secondary N) is 1. The van der Waals surface area contributed by atoms with Crippen molar-refractivity contribution in [2.24, 2.45) is 13.0 Å². The summed E-state index contributed by atoms with van der Waals surface area (Å²) in [6, 6.07) is 8.76.